The van der Waals surface area contributed by atoms with Crippen LogP contribution in [0.1, 0.15) is 23.1 Å². The van der Waals surface area contributed by atoms with Crippen molar-refractivity contribution in [2.45, 2.75) is 26.4 Å². The minimum absolute atomic E-state index is 0.0318. The number of hydrogen-bond donors (Lipinski definition) is 0. The van der Waals surface area contributed by atoms with E-state index in [1.807, 2.05) is 56.3 Å². The molecular weight excluding hydrogens is 400 g/mol. The third-order valence-electron chi connectivity index (χ3n) is 7.49. The topological polar surface area (TPSA) is 59.0 Å². The third-order valence-corrected chi connectivity index (χ3v) is 7.75. The van der Waals surface area contributed by atoms with Crippen molar-refractivity contribution in [3.63, 3.8) is 0 Å². The number of carbonyl (C=O) groups is 2. The Morgan fingerprint density at radius 3 is 2.23 bits per heavy atom. The molecule has 6 rings (SSSR count). The van der Waals surface area contributed by atoms with Crippen LogP contribution in [0.25, 0.3) is 0 Å². The summed E-state index contributed by atoms with van der Waals surface area (Å²) in [5.41, 5.74) is 4.50. The number of rotatable bonds is 2. The van der Waals surface area contributed by atoms with Crippen LogP contribution >= 0.6 is 11.6 Å². The molecule has 2 bridgehead atoms. The predicted octanol–water partition coefficient (Wildman–Crippen LogP) is 4.13. The highest BCUT2D eigenvalue weighted by Crippen LogP contribution is 2.62. The molecule has 3 fully saturated rings. The van der Waals surface area contributed by atoms with Crippen molar-refractivity contribution >= 4 is 34.8 Å². The Kier molecular flexibility index (Phi) is 3.73. The summed E-state index contributed by atoms with van der Waals surface area (Å²) >= 11 is 6.04. The maximum atomic E-state index is 13.6. The summed E-state index contributed by atoms with van der Waals surface area (Å²) in [5.74, 6) is -0.568. The van der Waals surface area contributed by atoms with Gasteiger partial charge in [-0.2, -0.15) is 0 Å². The van der Waals surface area contributed by atoms with E-state index in [-0.39, 0.29) is 47.5 Å². The number of halogens is 1. The SMILES string of the molecule is Cc1cccc(C)c1N1C(=O)[C@@H]2[C@H]3C[C@H]([C@@H]4ON=C(c5ccc(Cl)cc5)[C@H]34)[C@@H]2C1=O. The molecule has 0 spiro atoms. The van der Waals surface area contributed by atoms with Crippen molar-refractivity contribution in [1.82, 2.24) is 0 Å². The van der Waals surface area contributed by atoms with Crippen LogP contribution in [0.15, 0.2) is 47.6 Å². The lowest BCUT2D eigenvalue weighted by Crippen LogP contribution is -2.41. The molecule has 30 heavy (non-hydrogen) atoms. The molecule has 0 N–H and O–H groups in total. The van der Waals surface area contributed by atoms with Crippen molar-refractivity contribution in [2.75, 3.05) is 4.90 Å². The molecule has 2 saturated carbocycles. The van der Waals surface area contributed by atoms with Gasteiger partial charge in [0.15, 0.2) is 0 Å². The second kappa shape index (κ2) is 6.17. The van der Waals surface area contributed by atoms with E-state index in [0.717, 1.165) is 34.5 Å². The quantitative estimate of drug-likeness (QED) is 0.686. The van der Waals surface area contributed by atoms with Gasteiger partial charge in [-0.15, -0.1) is 0 Å². The van der Waals surface area contributed by atoms with E-state index in [1.165, 1.54) is 4.90 Å². The van der Waals surface area contributed by atoms with Gasteiger partial charge in [0.2, 0.25) is 11.8 Å². The van der Waals surface area contributed by atoms with Gasteiger partial charge in [-0.1, -0.05) is 47.1 Å². The molecule has 0 unspecified atom stereocenters. The first-order chi connectivity index (χ1) is 14.5. The molecule has 2 amide bonds. The Morgan fingerprint density at radius 2 is 1.57 bits per heavy atom. The van der Waals surface area contributed by atoms with Crippen LogP contribution in [0.4, 0.5) is 5.69 Å². The molecule has 2 aliphatic heterocycles. The average Bonchev–Trinajstić information content (AvgIpc) is 3.45. The third kappa shape index (κ3) is 2.21. The van der Waals surface area contributed by atoms with Crippen molar-refractivity contribution in [2.24, 2.45) is 34.7 Å². The molecule has 6 heteroatoms. The maximum Gasteiger partial charge on any atom is 0.238 e. The Morgan fingerprint density at radius 1 is 0.933 bits per heavy atom. The van der Waals surface area contributed by atoms with Gasteiger partial charge in [0.25, 0.3) is 0 Å². The molecule has 2 aromatic carbocycles. The van der Waals surface area contributed by atoms with Crippen molar-refractivity contribution in [1.29, 1.82) is 0 Å². The number of benzene rings is 2. The smallest absolute Gasteiger partial charge is 0.238 e. The van der Waals surface area contributed by atoms with Crippen LogP contribution < -0.4 is 4.90 Å². The number of nitrogens with zero attached hydrogens (tertiary/aromatic N) is 2. The molecule has 2 aromatic rings. The summed E-state index contributed by atoms with van der Waals surface area (Å²) < 4.78 is 0. The van der Waals surface area contributed by atoms with Gasteiger partial charge in [-0.05, 0) is 55.0 Å². The van der Waals surface area contributed by atoms with Crippen LogP contribution in [-0.2, 0) is 14.4 Å². The zero-order chi connectivity index (χ0) is 20.7. The summed E-state index contributed by atoms with van der Waals surface area (Å²) in [4.78, 5) is 34.4. The number of hydrogen-bond acceptors (Lipinski definition) is 4. The number of amides is 2. The van der Waals surface area contributed by atoms with E-state index in [4.69, 9.17) is 16.4 Å². The van der Waals surface area contributed by atoms with Gasteiger partial charge < -0.3 is 4.84 Å². The molecule has 2 heterocycles. The Bertz CT molecular complexity index is 1110. The molecule has 5 nitrogen and oxygen atoms in total. The fourth-order valence-electron chi connectivity index (χ4n) is 6.36. The zero-order valence-electron chi connectivity index (χ0n) is 16.7. The first kappa shape index (κ1) is 18.1. The number of fused-ring (bicyclic) bond motifs is 8. The number of para-hydroxylation sites is 1. The van der Waals surface area contributed by atoms with E-state index in [9.17, 15) is 9.59 Å². The Hall–Kier alpha value is -2.66. The van der Waals surface area contributed by atoms with Crippen LogP contribution in [-0.4, -0.2) is 23.6 Å². The first-order valence-corrected chi connectivity index (χ1v) is 10.8. The van der Waals surface area contributed by atoms with Gasteiger partial charge in [0, 0.05) is 16.9 Å². The number of oxime groups is 1. The molecule has 152 valence electrons. The lowest BCUT2D eigenvalue weighted by atomic mass is 9.71. The van der Waals surface area contributed by atoms with Crippen LogP contribution in [0.2, 0.25) is 5.02 Å². The maximum absolute atomic E-state index is 13.6. The van der Waals surface area contributed by atoms with Gasteiger partial charge in [0.1, 0.15) is 6.10 Å². The molecule has 0 radical (unpaired) electrons. The monoisotopic (exact) mass is 420 g/mol. The van der Waals surface area contributed by atoms with E-state index < -0.39 is 0 Å². The standard InChI is InChI=1S/C24H21ClN2O3/c1-11-4-3-5-12(2)21(11)27-23(28)17-15-10-16(18(17)24(27)29)22-19(15)20(26-30-22)13-6-8-14(25)9-7-13/h3-9,15-19,22H,10H2,1-2H3/t15-,16+,17-,18+,19+,22+/m1/s1. The first-order valence-electron chi connectivity index (χ1n) is 10.4. The highest BCUT2D eigenvalue weighted by molar-refractivity contribution is 6.30. The van der Waals surface area contributed by atoms with Crippen molar-refractivity contribution < 1.29 is 14.4 Å². The van der Waals surface area contributed by atoms with Gasteiger partial charge >= 0.3 is 0 Å². The fourth-order valence-corrected chi connectivity index (χ4v) is 6.49. The highest BCUT2D eigenvalue weighted by atomic mass is 35.5. The minimum Gasteiger partial charge on any atom is -0.391 e. The lowest BCUT2D eigenvalue weighted by molar-refractivity contribution is -0.125. The molecule has 6 atom stereocenters. The lowest BCUT2D eigenvalue weighted by Gasteiger charge is -2.29. The van der Waals surface area contributed by atoms with Crippen LogP contribution in [0, 0.1) is 43.4 Å². The van der Waals surface area contributed by atoms with E-state index in [1.54, 1.807) is 0 Å². The van der Waals surface area contributed by atoms with E-state index >= 15 is 0 Å². The summed E-state index contributed by atoms with van der Waals surface area (Å²) in [6.45, 7) is 3.91. The fraction of sp³-hybridized carbons (Fsp3) is 0.375. The van der Waals surface area contributed by atoms with Crippen molar-refractivity contribution in [3.05, 3.63) is 64.2 Å². The summed E-state index contributed by atoms with van der Waals surface area (Å²) in [6.07, 6.45) is 0.714. The molecular formula is C24H21ClN2O3. The van der Waals surface area contributed by atoms with Gasteiger partial charge in [-0.25, -0.2) is 4.90 Å². The number of carbonyl (C=O) groups excluding carboxylic acids is 2. The Balaban J connectivity index is 1.38. The summed E-state index contributed by atoms with van der Waals surface area (Å²) in [6, 6.07) is 13.4. The second-order valence-corrected chi connectivity index (χ2v) is 9.38. The molecule has 0 aromatic heterocycles. The molecule has 1 saturated heterocycles. The summed E-state index contributed by atoms with van der Waals surface area (Å²) in [7, 11) is 0. The predicted molar refractivity (Wildman–Crippen MR) is 113 cm³/mol. The number of anilines is 1. The van der Waals surface area contributed by atoms with Crippen molar-refractivity contribution in [3.8, 4) is 0 Å². The number of aryl methyl sites for hydroxylation is 2. The Labute approximate surface area is 179 Å². The number of imide groups is 1. The largest absolute Gasteiger partial charge is 0.391 e. The van der Waals surface area contributed by atoms with Crippen LogP contribution in [0.5, 0.6) is 0 Å². The highest BCUT2D eigenvalue weighted by Gasteiger charge is 2.70. The van der Waals surface area contributed by atoms with E-state index in [2.05, 4.69) is 5.16 Å². The van der Waals surface area contributed by atoms with Gasteiger partial charge in [-0.3, -0.25) is 9.59 Å². The molecule has 2 aliphatic carbocycles. The zero-order valence-corrected chi connectivity index (χ0v) is 17.5. The van der Waals surface area contributed by atoms with E-state index in [0.29, 0.717) is 5.02 Å². The minimum atomic E-state index is -0.303. The normalized spacial score (nSPS) is 33.6. The summed E-state index contributed by atoms with van der Waals surface area (Å²) in [5, 5.41) is 5.05. The molecule has 4 aliphatic rings. The second-order valence-electron chi connectivity index (χ2n) is 8.95. The average molecular weight is 421 g/mol. The van der Waals surface area contributed by atoms with Crippen LogP contribution in [0.3, 0.4) is 0 Å². The van der Waals surface area contributed by atoms with Gasteiger partial charge in [0.05, 0.1) is 23.2 Å².